The van der Waals surface area contributed by atoms with Gasteiger partial charge in [-0.1, -0.05) is 30.3 Å². The Labute approximate surface area is 148 Å². The number of rotatable bonds is 4. The number of furan rings is 1. The number of amides is 2. The standard InChI is InChI=1S/C18H15NO5S/c1-11(17(21)23-2)19-16(20)15(25-18(19)22)10-13-8-9-14(24-13)12-6-4-3-5-7-12/h3-11H,1-2H3/b15-10+/t11-/m0/s1. The van der Waals surface area contributed by atoms with Gasteiger partial charge in [-0.25, -0.2) is 4.79 Å². The highest BCUT2D eigenvalue weighted by Crippen LogP contribution is 2.34. The van der Waals surface area contributed by atoms with Crippen molar-refractivity contribution in [1.29, 1.82) is 0 Å². The summed E-state index contributed by atoms with van der Waals surface area (Å²) in [5.74, 6) is -0.0671. The molecular formula is C18H15NO5S. The van der Waals surface area contributed by atoms with Gasteiger partial charge in [0, 0.05) is 11.6 Å². The lowest BCUT2D eigenvalue weighted by Gasteiger charge is -2.18. The molecule has 0 saturated carbocycles. The highest BCUT2D eigenvalue weighted by Gasteiger charge is 2.41. The highest BCUT2D eigenvalue weighted by molar-refractivity contribution is 8.18. The first-order valence-electron chi connectivity index (χ1n) is 7.51. The van der Waals surface area contributed by atoms with Gasteiger partial charge in [-0.2, -0.15) is 0 Å². The predicted octanol–water partition coefficient (Wildman–Crippen LogP) is 3.54. The van der Waals surface area contributed by atoms with E-state index in [-0.39, 0.29) is 4.91 Å². The summed E-state index contributed by atoms with van der Waals surface area (Å²) in [5, 5.41) is -0.510. The second-order valence-electron chi connectivity index (χ2n) is 5.32. The maximum absolute atomic E-state index is 12.4. The van der Waals surface area contributed by atoms with Gasteiger partial charge in [-0.3, -0.25) is 14.5 Å². The van der Waals surface area contributed by atoms with Crippen LogP contribution in [0.1, 0.15) is 12.7 Å². The van der Waals surface area contributed by atoms with E-state index in [9.17, 15) is 14.4 Å². The molecule has 6 nitrogen and oxygen atoms in total. The minimum absolute atomic E-state index is 0.203. The molecule has 2 amide bonds. The van der Waals surface area contributed by atoms with Gasteiger partial charge in [0.15, 0.2) is 0 Å². The molecule has 3 rings (SSSR count). The van der Waals surface area contributed by atoms with Gasteiger partial charge < -0.3 is 9.15 Å². The quantitative estimate of drug-likeness (QED) is 0.615. The summed E-state index contributed by atoms with van der Waals surface area (Å²) >= 11 is 0.769. The fourth-order valence-electron chi connectivity index (χ4n) is 2.41. The number of methoxy groups -OCH3 is 1. The first-order chi connectivity index (χ1) is 12.0. The molecule has 1 aliphatic heterocycles. The number of carbonyl (C=O) groups excluding carboxylic acids is 3. The molecule has 25 heavy (non-hydrogen) atoms. The molecule has 7 heteroatoms. The second kappa shape index (κ2) is 6.98. The van der Waals surface area contributed by atoms with E-state index >= 15 is 0 Å². The lowest BCUT2D eigenvalue weighted by molar-refractivity contribution is -0.148. The van der Waals surface area contributed by atoms with E-state index in [1.54, 1.807) is 12.1 Å². The number of nitrogens with zero attached hydrogens (tertiary/aromatic N) is 1. The molecular weight excluding hydrogens is 342 g/mol. The van der Waals surface area contributed by atoms with E-state index < -0.39 is 23.2 Å². The first kappa shape index (κ1) is 17.0. The molecule has 1 saturated heterocycles. The van der Waals surface area contributed by atoms with Crippen LogP contribution < -0.4 is 0 Å². The molecule has 0 aliphatic carbocycles. The zero-order valence-electron chi connectivity index (χ0n) is 13.6. The molecule has 1 aromatic heterocycles. The zero-order chi connectivity index (χ0) is 18.0. The van der Waals surface area contributed by atoms with Crippen LogP contribution in [0.2, 0.25) is 0 Å². The van der Waals surface area contributed by atoms with Crippen molar-refractivity contribution in [3.8, 4) is 11.3 Å². The van der Waals surface area contributed by atoms with Crippen molar-refractivity contribution in [1.82, 2.24) is 4.90 Å². The lowest BCUT2D eigenvalue weighted by Crippen LogP contribution is -2.42. The summed E-state index contributed by atoms with van der Waals surface area (Å²) in [7, 11) is 1.21. The molecule has 0 bridgehead atoms. The number of ether oxygens (including phenoxy) is 1. The molecule has 0 spiro atoms. The number of thioether (sulfide) groups is 1. The summed E-state index contributed by atoms with van der Waals surface area (Å²) < 4.78 is 10.3. The van der Waals surface area contributed by atoms with Gasteiger partial charge in [0.25, 0.3) is 11.1 Å². The summed E-state index contributed by atoms with van der Waals surface area (Å²) in [6, 6.07) is 12.1. The van der Waals surface area contributed by atoms with Crippen LogP contribution in [0.15, 0.2) is 51.8 Å². The van der Waals surface area contributed by atoms with Crippen LogP contribution in [0.4, 0.5) is 4.79 Å². The fraction of sp³-hybridized carbons (Fsp3) is 0.167. The predicted molar refractivity (Wildman–Crippen MR) is 93.4 cm³/mol. The minimum atomic E-state index is -0.972. The largest absolute Gasteiger partial charge is 0.467 e. The fourth-order valence-corrected chi connectivity index (χ4v) is 3.30. The van der Waals surface area contributed by atoms with Crippen molar-refractivity contribution in [2.75, 3.05) is 7.11 Å². The normalized spacial score (nSPS) is 17.2. The SMILES string of the molecule is COC(=O)[C@H](C)N1C(=O)S/C(=C/c2ccc(-c3ccccc3)o2)C1=O. The third-order valence-electron chi connectivity index (χ3n) is 3.71. The Balaban J connectivity index is 1.83. The van der Waals surface area contributed by atoms with E-state index in [1.807, 2.05) is 30.3 Å². The van der Waals surface area contributed by atoms with Crippen molar-refractivity contribution >= 4 is 35.0 Å². The average molecular weight is 357 g/mol. The molecule has 0 radical (unpaired) electrons. The average Bonchev–Trinajstić information content (AvgIpc) is 3.19. The van der Waals surface area contributed by atoms with Crippen molar-refractivity contribution in [3.63, 3.8) is 0 Å². The van der Waals surface area contributed by atoms with Gasteiger partial charge >= 0.3 is 5.97 Å². The van der Waals surface area contributed by atoms with Crippen molar-refractivity contribution in [2.45, 2.75) is 13.0 Å². The number of benzene rings is 1. The maximum atomic E-state index is 12.4. The van der Waals surface area contributed by atoms with Crippen LogP contribution >= 0.6 is 11.8 Å². The molecule has 0 unspecified atom stereocenters. The Kier molecular flexibility index (Phi) is 4.76. The molecule has 1 fully saturated rings. The van der Waals surface area contributed by atoms with Crippen molar-refractivity contribution < 1.29 is 23.5 Å². The van der Waals surface area contributed by atoms with Crippen LogP contribution in [0.25, 0.3) is 17.4 Å². The summed E-state index contributed by atoms with van der Waals surface area (Å²) in [4.78, 5) is 37.2. The zero-order valence-corrected chi connectivity index (χ0v) is 14.4. The Morgan fingerprint density at radius 2 is 1.92 bits per heavy atom. The minimum Gasteiger partial charge on any atom is -0.467 e. The molecule has 1 aliphatic rings. The van der Waals surface area contributed by atoms with Crippen LogP contribution in [-0.2, 0) is 14.3 Å². The van der Waals surface area contributed by atoms with Crippen LogP contribution in [-0.4, -0.2) is 35.2 Å². The third-order valence-corrected chi connectivity index (χ3v) is 4.60. The monoisotopic (exact) mass is 357 g/mol. The molecule has 1 atom stereocenters. The van der Waals surface area contributed by atoms with Gasteiger partial charge in [0.2, 0.25) is 0 Å². The summed E-state index contributed by atoms with van der Waals surface area (Å²) in [5.41, 5.74) is 0.912. The van der Waals surface area contributed by atoms with E-state index in [0.29, 0.717) is 11.5 Å². The van der Waals surface area contributed by atoms with E-state index in [0.717, 1.165) is 22.2 Å². The first-order valence-corrected chi connectivity index (χ1v) is 8.33. The van der Waals surface area contributed by atoms with Crippen LogP contribution in [0.5, 0.6) is 0 Å². The van der Waals surface area contributed by atoms with Crippen LogP contribution in [0.3, 0.4) is 0 Å². The van der Waals surface area contributed by atoms with Crippen molar-refractivity contribution in [3.05, 3.63) is 53.1 Å². The number of imide groups is 1. The Hall–Kier alpha value is -2.80. The van der Waals surface area contributed by atoms with Gasteiger partial charge in [-0.05, 0) is 30.8 Å². The lowest BCUT2D eigenvalue weighted by atomic mass is 10.2. The van der Waals surface area contributed by atoms with Crippen molar-refractivity contribution in [2.24, 2.45) is 0 Å². The smallest absolute Gasteiger partial charge is 0.328 e. The molecule has 2 heterocycles. The molecule has 128 valence electrons. The number of carbonyl (C=O) groups is 3. The van der Waals surface area contributed by atoms with Gasteiger partial charge in [0.05, 0.1) is 12.0 Å². The second-order valence-corrected chi connectivity index (χ2v) is 6.31. The number of hydrogen-bond donors (Lipinski definition) is 0. The van der Waals surface area contributed by atoms with Gasteiger partial charge in [0.1, 0.15) is 17.6 Å². The van der Waals surface area contributed by atoms with Crippen LogP contribution in [0, 0.1) is 0 Å². The molecule has 0 N–H and O–H groups in total. The van der Waals surface area contributed by atoms with Gasteiger partial charge in [-0.15, -0.1) is 0 Å². The number of esters is 1. The molecule has 1 aromatic carbocycles. The topological polar surface area (TPSA) is 76.8 Å². The molecule has 2 aromatic rings. The maximum Gasteiger partial charge on any atom is 0.328 e. The van der Waals surface area contributed by atoms with E-state index in [2.05, 4.69) is 4.74 Å². The Morgan fingerprint density at radius 1 is 1.20 bits per heavy atom. The van der Waals surface area contributed by atoms with E-state index in [1.165, 1.54) is 20.1 Å². The Bertz CT molecular complexity index is 855. The Morgan fingerprint density at radius 3 is 2.60 bits per heavy atom. The summed E-state index contributed by atoms with van der Waals surface area (Å²) in [6.07, 6.45) is 1.50. The van der Waals surface area contributed by atoms with E-state index in [4.69, 9.17) is 4.42 Å². The highest BCUT2D eigenvalue weighted by atomic mass is 32.2. The third kappa shape index (κ3) is 3.36. The number of hydrogen-bond acceptors (Lipinski definition) is 6. The summed E-state index contributed by atoms with van der Waals surface area (Å²) in [6.45, 7) is 1.45.